The summed E-state index contributed by atoms with van der Waals surface area (Å²) in [5, 5.41) is 6.65. The molecule has 1 saturated heterocycles. The number of hydrogen-bond acceptors (Lipinski definition) is 4. The van der Waals surface area contributed by atoms with Gasteiger partial charge in [0.2, 0.25) is 0 Å². The van der Waals surface area contributed by atoms with Crippen molar-refractivity contribution in [3.63, 3.8) is 0 Å². The average Bonchev–Trinajstić information content (AvgIpc) is 2.41. The van der Waals surface area contributed by atoms with E-state index in [1.807, 2.05) is 0 Å². The van der Waals surface area contributed by atoms with E-state index in [2.05, 4.69) is 29.5 Å². The third-order valence-corrected chi connectivity index (χ3v) is 3.75. The summed E-state index contributed by atoms with van der Waals surface area (Å²) in [5.41, 5.74) is 0.189. The summed E-state index contributed by atoms with van der Waals surface area (Å²) in [5.74, 6) is 0.475. The molecule has 5 heteroatoms. The summed E-state index contributed by atoms with van der Waals surface area (Å²) in [6.07, 6.45) is 6.77. The molecule has 2 heterocycles. The van der Waals surface area contributed by atoms with Crippen LogP contribution in [0.5, 0.6) is 0 Å². The summed E-state index contributed by atoms with van der Waals surface area (Å²) in [6, 6.07) is 0. The quantitative estimate of drug-likeness (QED) is 0.845. The highest BCUT2D eigenvalue weighted by Gasteiger charge is 2.26. The zero-order valence-electron chi connectivity index (χ0n) is 11.9. The molecule has 0 spiro atoms. The molecule has 5 nitrogen and oxygen atoms in total. The molecule has 1 aliphatic rings. The van der Waals surface area contributed by atoms with E-state index in [0.29, 0.717) is 5.82 Å². The van der Waals surface area contributed by atoms with Gasteiger partial charge in [0, 0.05) is 32.0 Å². The summed E-state index contributed by atoms with van der Waals surface area (Å²) < 4.78 is 1.72. The second-order valence-electron chi connectivity index (χ2n) is 5.72. The van der Waals surface area contributed by atoms with Crippen molar-refractivity contribution >= 4 is 5.82 Å². The molecule has 2 rings (SSSR count). The number of piperidine rings is 1. The number of anilines is 1. The van der Waals surface area contributed by atoms with Crippen molar-refractivity contribution < 1.29 is 0 Å². The third-order valence-electron chi connectivity index (χ3n) is 3.75. The maximum atomic E-state index is 12.2. The van der Waals surface area contributed by atoms with Gasteiger partial charge in [0.1, 0.15) is 0 Å². The fourth-order valence-electron chi connectivity index (χ4n) is 2.55. The first-order valence-electron chi connectivity index (χ1n) is 7.15. The predicted octanol–water partition coefficient (Wildman–Crippen LogP) is 1.45. The van der Waals surface area contributed by atoms with Crippen molar-refractivity contribution in [2.45, 2.75) is 39.7 Å². The van der Waals surface area contributed by atoms with Gasteiger partial charge in [-0.2, -0.15) is 0 Å². The SMILES string of the molecule is CCCn1ccnc(NCC2(C)CCCNC2)c1=O. The molecule has 0 bridgehead atoms. The first-order chi connectivity index (χ1) is 9.14. The summed E-state index contributed by atoms with van der Waals surface area (Å²) in [4.78, 5) is 16.3. The minimum absolute atomic E-state index is 0.0169. The molecule has 0 radical (unpaired) electrons. The number of hydrogen-bond donors (Lipinski definition) is 2. The van der Waals surface area contributed by atoms with Gasteiger partial charge in [-0.25, -0.2) is 4.98 Å². The Morgan fingerprint density at radius 2 is 2.42 bits per heavy atom. The van der Waals surface area contributed by atoms with Gasteiger partial charge in [0.25, 0.3) is 5.56 Å². The Hall–Kier alpha value is -1.36. The van der Waals surface area contributed by atoms with E-state index in [-0.39, 0.29) is 11.0 Å². The fraction of sp³-hybridized carbons (Fsp3) is 0.714. The minimum atomic E-state index is -0.0169. The Morgan fingerprint density at radius 3 is 3.11 bits per heavy atom. The monoisotopic (exact) mass is 264 g/mol. The van der Waals surface area contributed by atoms with Crippen LogP contribution in [0.4, 0.5) is 5.82 Å². The lowest BCUT2D eigenvalue weighted by atomic mass is 9.83. The molecule has 1 fully saturated rings. The Labute approximate surface area is 114 Å². The number of nitrogens with one attached hydrogen (secondary N) is 2. The first kappa shape index (κ1) is 14.1. The van der Waals surface area contributed by atoms with Gasteiger partial charge in [-0.1, -0.05) is 13.8 Å². The highest BCUT2D eigenvalue weighted by atomic mass is 16.1. The van der Waals surface area contributed by atoms with E-state index in [9.17, 15) is 4.79 Å². The lowest BCUT2D eigenvalue weighted by Crippen LogP contribution is -2.43. The number of rotatable bonds is 5. The van der Waals surface area contributed by atoms with Crippen LogP contribution in [0.15, 0.2) is 17.2 Å². The molecule has 0 aromatic carbocycles. The molecule has 1 unspecified atom stereocenters. The maximum Gasteiger partial charge on any atom is 0.293 e. The van der Waals surface area contributed by atoms with Crippen LogP contribution in [-0.4, -0.2) is 29.2 Å². The normalized spacial score (nSPS) is 23.3. The topological polar surface area (TPSA) is 59.0 Å². The molecule has 106 valence electrons. The molecule has 1 aromatic heterocycles. The van der Waals surface area contributed by atoms with E-state index in [4.69, 9.17) is 0 Å². The molecule has 1 aromatic rings. The van der Waals surface area contributed by atoms with Crippen LogP contribution in [-0.2, 0) is 6.54 Å². The van der Waals surface area contributed by atoms with Gasteiger partial charge < -0.3 is 15.2 Å². The van der Waals surface area contributed by atoms with Crippen LogP contribution in [0.1, 0.15) is 33.1 Å². The lowest BCUT2D eigenvalue weighted by Gasteiger charge is -2.34. The summed E-state index contributed by atoms with van der Waals surface area (Å²) in [7, 11) is 0. The van der Waals surface area contributed by atoms with Crippen LogP contribution in [0.3, 0.4) is 0 Å². The van der Waals surface area contributed by atoms with E-state index in [0.717, 1.165) is 32.6 Å². The highest BCUT2D eigenvalue weighted by molar-refractivity contribution is 5.31. The van der Waals surface area contributed by atoms with Crippen LogP contribution in [0.25, 0.3) is 0 Å². The maximum absolute atomic E-state index is 12.2. The van der Waals surface area contributed by atoms with Crippen molar-refractivity contribution in [3.05, 3.63) is 22.7 Å². The number of aryl methyl sites for hydroxylation is 1. The molecule has 19 heavy (non-hydrogen) atoms. The van der Waals surface area contributed by atoms with Crippen molar-refractivity contribution in [1.29, 1.82) is 0 Å². The van der Waals surface area contributed by atoms with Crippen LogP contribution < -0.4 is 16.2 Å². The van der Waals surface area contributed by atoms with Crippen molar-refractivity contribution in [2.24, 2.45) is 5.41 Å². The molecular formula is C14H24N4O. The van der Waals surface area contributed by atoms with Crippen molar-refractivity contribution in [1.82, 2.24) is 14.9 Å². The summed E-state index contributed by atoms with van der Waals surface area (Å²) >= 11 is 0. The standard InChI is InChI=1S/C14H24N4O/c1-3-8-18-9-7-16-12(13(18)19)17-11-14(2)5-4-6-15-10-14/h7,9,15H,3-6,8,10-11H2,1-2H3,(H,16,17). The van der Waals surface area contributed by atoms with E-state index in [1.54, 1.807) is 17.0 Å². The average molecular weight is 264 g/mol. The zero-order valence-corrected chi connectivity index (χ0v) is 11.9. The van der Waals surface area contributed by atoms with Crippen LogP contribution in [0.2, 0.25) is 0 Å². The lowest BCUT2D eigenvalue weighted by molar-refractivity contribution is 0.253. The Morgan fingerprint density at radius 1 is 1.58 bits per heavy atom. The largest absolute Gasteiger partial charge is 0.365 e. The Bertz CT molecular complexity index is 463. The zero-order chi connectivity index (χ0) is 13.7. The van der Waals surface area contributed by atoms with Gasteiger partial charge in [0.15, 0.2) is 5.82 Å². The number of aromatic nitrogens is 2. The molecule has 1 atom stereocenters. The predicted molar refractivity (Wildman–Crippen MR) is 77.5 cm³/mol. The first-order valence-corrected chi connectivity index (χ1v) is 7.15. The molecule has 0 saturated carbocycles. The van der Waals surface area contributed by atoms with Gasteiger partial charge in [-0.05, 0) is 31.2 Å². The second-order valence-corrected chi connectivity index (χ2v) is 5.72. The van der Waals surface area contributed by atoms with E-state index >= 15 is 0 Å². The minimum Gasteiger partial charge on any atom is -0.365 e. The number of nitrogens with zero attached hydrogens (tertiary/aromatic N) is 2. The highest BCUT2D eigenvalue weighted by Crippen LogP contribution is 2.25. The third kappa shape index (κ3) is 3.56. The molecule has 0 aliphatic carbocycles. The van der Waals surface area contributed by atoms with Gasteiger partial charge in [0.05, 0.1) is 0 Å². The molecular weight excluding hydrogens is 240 g/mol. The second kappa shape index (κ2) is 6.19. The van der Waals surface area contributed by atoms with Gasteiger partial charge in [-0.15, -0.1) is 0 Å². The van der Waals surface area contributed by atoms with Crippen LogP contribution in [0, 0.1) is 5.41 Å². The molecule has 0 amide bonds. The van der Waals surface area contributed by atoms with Gasteiger partial charge in [-0.3, -0.25) is 4.79 Å². The smallest absolute Gasteiger partial charge is 0.293 e. The van der Waals surface area contributed by atoms with Crippen molar-refractivity contribution in [2.75, 3.05) is 25.0 Å². The Balaban J connectivity index is 2.03. The van der Waals surface area contributed by atoms with Crippen molar-refractivity contribution in [3.8, 4) is 0 Å². The van der Waals surface area contributed by atoms with E-state index in [1.165, 1.54) is 12.8 Å². The van der Waals surface area contributed by atoms with E-state index < -0.39 is 0 Å². The fourth-order valence-corrected chi connectivity index (χ4v) is 2.55. The van der Waals surface area contributed by atoms with Crippen LogP contribution >= 0.6 is 0 Å². The molecule has 2 N–H and O–H groups in total. The van der Waals surface area contributed by atoms with Gasteiger partial charge >= 0.3 is 0 Å². The Kier molecular flexibility index (Phi) is 4.58. The summed E-state index contributed by atoms with van der Waals surface area (Å²) in [6.45, 7) is 7.94. The molecule has 1 aliphatic heterocycles.